The average Bonchev–Trinajstić information content (AvgIpc) is 1.65. The van der Waals surface area contributed by atoms with E-state index in [0.717, 1.165) is 128 Å². The largest absolute Gasteiger partial charge is 0.506 e. The van der Waals surface area contributed by atoms with Gasteiger partial charge in [0.2, 0.25) is 0 Å². The van der Waals surface area contributed by atoms with Gasteiger partial charge < -0.3 is 40.2 Å². The number of hydrogen-bond donors (Lipinski definition) is 6. The predicted molar refractivity (Wildman–Crippen MR) is 410 cm³/mol. The van der Waals surface area contributed by atoms with E-state index in [-0.39, 0.29) is 11.7 Å². The van der Waals surface area contributed by atoms with E-state index >= 15 is 9.59 Å². The number of benzene rings is 6. The number of pyridine rings is 1. The molecule has 0 unspecified atom stereocenters. The molecule has 15 nitrogen and oxygen atoms in total. The van der Waals surface area contributed by atoms with Crippen LogP contribution in [0.25, 0.3) is 96.6 Å². The first-order valence-corrected chi connectivity index (χ1v) is 34.2. The summed E-state index contributed by atoms with van der Waals surface area (Å²) in [6, 6.07) is 42.7. The van der Waals surface area contributed by atoms with E-state index in [9.17, 15) is 5.11 Å². The number of aromatic nitrogens is 9. The first-order valence-electron chi connectivity index (χ1n) is 34.2. The zero-order chi connectivity index (χ0) is 70.7. The summed E-state index contributed by atoms with van der Waals surface area (Å²) in [6.45, 7) is 29.1. The van der Waals surface area contributed by atoms with E-state index < -0.39 is 11.3 Å². The Labute approximate surface area is 589 Å². The van der Waals surface area contributed by atoms with Crippen LogP contribution in [0.1, 0.15) is 142 Å². The van der Waals surface area contributed by atoms with Crippen molar-refractivity contribution >= 4 is 69.6 Å². The first kappa shape index (κ1) is 66.4. The maximum Gasteiger partial charge on any atom is 0.257 e. The molecule has 6 aromatic carbocycles. The molecule has 6 aromatic heterocycles. The molecular formula is C86H82N12O3. The summed E-state index contributed by atoms with van der Waals surface area (Å²) in [5.41, 5.74) is 29.6. The van der Waals surface area contributed by atoms with Crippen LogP contribution in [0.3, 0.4) is 0 Å². The highest BCUT2D eigenvalue weighted by Crippen LogP contribution is 2.47. The molecular weight excluding hydrogens is 1250 g/mol. The van der Waals surface area contributed by atoms with Crippen LogP contribution in [0.2, 0.25) is 0 Å². The third-order valence-electron chi connectivity index (χ3n) is 19.1. The Kier molecular flexibility index (Phi) is 17.6. The molecule has 12 aromatic rings. The Hall–Kier alpha value is -11.8. The molecule has 0 spiro atoms. The second kappa shape index (κ2) is 26.8. The number of aromatic amines is 2. The fourth-order valence-corrected chi connectivity index (χ4v) is 14.7. The zero-order valence-corrected chi connectivity index (χ0v) is 59.4. The number of carbonyl (C=O) groups is 2. The van der Waals surface area contributed by atoms with Crippen molar-refractivity contribution < 1.29 is 14.7 Å². The van der Waals surface area contributed by atoms with Gasteiger partial charge in [0.05, 0.1) is 69.4 Å². The molecule has 0 aliphatic carbocycles. The first-order chi connectivity index (χ1) is 48.5. The number of nitrogens with one attached hydrogen (secondary N) is 5. The Balaban J connectivity index is 1.00. The summed E-state index contributed by atoms with van der Waals surface area (Å²) in [4.78, 5) is 64.1. The number of aryl methyl sites for hydroxylation is 10. The monoisotopic (exact) mass is 1330 g/mol. The van der Waals surface area contributed by atoms with Crippen molar-refractivity contribution in [3.8, 4) is 55.9 Å². The maximum atomic E-state index is 15.4. The van der Waals surface area contributed by atoms with E-state index in [1.807, 2.05) is 83.0 Å². The lowest BCUT2D eigenvalue weighted by molar-refractivity contribution is 0.101. The highest BCUT2D eigenvalue weighted by molar-refractivity contribution is 6.14. The number of nitrogens with zero attached hydrogens (tertiary/aromatic N) is 7. The van der Waals surface area contributed by atoms with Gasteiger partial charge in [0.25, 0.3) is 11.8 Å². The minimum atomic E-state index is -0.495. The number of amides is 2. The van der Waals surface area contributed by atoms with Crippen LogP contribution in [0.4, 0.5) is 11.4 Å². The Morgan fingerprint density at radius 2 is 0.970 bits per heavy atom. The average molecular weight is 1330 g/mol. The molecule has 8 bridgehead atoms. The van der Waals surface area contributed by atoms with Gasteiger partial charge in [0.15, 0.2) is 0 Å². The fraction of sp³-hybridized carbons (Fsp3) is 0.198. The summed E-state index contributed by atoms with van der Waals surface area (Å²) in [6.07, 6.45) is 19.0. The number of aromatic hydroxyl groups is 1. The molecule has 0 saturated heterocycles. The van der Waals surface area contributed by atoms with Gasteiger partial charge in [-0.25, -0.2) is 19.9 Å². The molecule has 0 radical (unpaired) electrons. The highest BCUT2D eigenvalue weighted by atomic mass is 16.3. The molecule has 2 amide bonds. The molecule has 2 aliphatic heterocycles. The lowest BCUT2D eigenvalue weighted by Gasteiger charge is -2.25. The standard InChI is InChI=1S/C86H82N12O3/c1-48-17-28-75(99)74(37-48)98-45-63(90-47-98)43-88-42-62-19-18-60(41-89-62)85(101)96-73-40-61(86(11,12)13)39-72(95-84(100)59-16-14-15-58(38-59)44-97-30-29-87-46-97)83(73)82-70-26-24-68(93-70)80(77-54(7)33-50(3)34-55(77)8)66-22-20-64(91-66)79(76-52(5)31-49(2)32-53(76)6)65-21-23-67(92-65)81(69-25-27-71(82)94-69)78-56(9)35-51(4)36-57(78)10/h14-41,45-47,88,91,94,99H,42-44H2,1-13H3,(H,95,100)(H,96,101). The van der Waals surface area contributed by atoms with Crippen molar-refractivity contribution in [2.45, 2.75) is 115 Å². The van der Waals surface area contributed by atoms with Crippen LogP contribution in [0.5, 0.6) is 5.75 Å². The molecule has 504 valence electrons. The smallest absolute Gasteiger partial charge is 0.257 e. The molecule has 6 N–H and O–H groups in total. The normalized spacial score (nSPS) is 12.0. The van der Waals surface area contributed by atoms with Crippen LogP contribution in [-0.2, 0) is 25.0 Å². The Morgan fingerprint density at radius 1 is 0.485 bits per heavy atom. The summed E-state index contributed by atoms with van der Waals surface area (Å²) < 4.78 is 3.77. The maximum absolute atomic E-state index is 15.4. The molecule has 8 heterocycles. The molecule has 2 aliphatic rings. The summed E-state index contributed by atoms with van der Waals surface area (Å²) >= 11 is 0. The van der Waals surface area contributed by atoms with Gasteiger partial charge in [-0.15, -0.1) is 0 Å². The van der Waals surface area contributed by atoms with Gasteiger partial charge in [0, 0.05) is 99.9 Å². The number of carbonyl (C=O) groups excluding carboxylic acids is 2. The minimum Gasteiger partial charge on any atom is -0.506 e. The number of fused-ring (bicyclic) bond motifs is 8. The minimum absolute atomic E-state index is 0.167. The van der Waals surface area contributed by atoms with Crippen molar-refractivity contribution in [3.63, 3.8) is 0 Å². The zero-order valence-electron chi connectivity index (χ0n) is 59.4. The van der Waals surface area contributed by atoms with Gasteiger partial charge in [-0.05, 0) is 239 Å². The van der Waals surface area contributed by atoms with Crippen LogP contribution in [0, 0.1) is 69.2 Å². The Bertz CT molecular complexity index is 5450. The number of imidazole rings is 2. The SMILES string of the molecule is Cc1cc(C)c(-c2c3nc(c(-c4c(C)cc(C)cc4C)c4ccc([nH]4)c(-c4c(NC(=O)c5ccc(CNCc6cn(-c7cc(C)ccc7O)cn6)nc5)cc(C(C)(C)C)cc4NC(=O)c4cccc(Cn5ccnc5)c4)c4nc(c(-c5c(C)cc(C)cc5C)c5ccc2[nH]5)C=C4)C=C3)c(C)c1. The number of rotatable bonds is 15. The predicted octanol–water partition coefficient (Wildman–Crippen LogP) is 19.0. The molecule has 14 rings (SSSR count). The molecule has 101 heavy (non-hydrogen) atoms. The van der Waals surface area contributed by atoms with Gasteiger partial charge in [-0.1, -0.05) is 92.1 Å². The lowest BCUT2D eigenvalue weighted by atomic mass is 9.84. The van der Waals surface area contributed by atoms with Crippen molar-refractivity contribution in [2.75, 3.05) is 10.6 Å². The summed E-state index contributed by atoms with van der Waals surface area (Å²) in [7, 11) is 0. The number of phenols is 1. The third-order valence-corrected chi connectivity index (χ3v) is 19.1. The van der Waals surface area contributed by atoms with Crippen molar-refractivity contribution in [3.05, 3.63) is 277 Å². The number of phenolic OH excluding ortho intramolecular Hbond substituents is 1. The topological polar surface area (TPSA) is 196 Å². The van der Waals surface area contributed by atoms with E-state index in [2.05, 4.69) is 204 Å². The van der Waals surface area contributed by atoms with Gasteiger partial charge >= 0.3 is 0 Å². The molecule has 15 heteroatoms. The number of anilines is 2. The molecule has 0 fully saturated rings. The second-order valence-corrected chi connectivity index (χ2v) is 28.3. The molecule has 0 saturated carbocycles. The number of hydrogen-bond acceptors (Lipinski definition) is 9. The van der Waals surface area contributed by atoms with E-state index in [1.54, 1.807) is 37.2 Å². The van der Waals surface area contributed by atoms with E-state index in [4.69, 9.17) is 15.0 Å². The van der Waals surface area contributed by atoms with Crippen LogP contribution < -0.4 is 16.0 Å². The molecule has 0 atom stereocenters. The van der Waals surface area contributed by atoms with Crippen LogP contribution in [-0.4, -0.2) is 60.9 Å². The van der Waals surface area contributed by atoms with Crippen molar-refractivity contribution in [2.24, 2.45) is 0 Å². The summed E-state index contributed by atoms with van der Waals surface area (Å²) in [5.74, 6) is -0.590. The second-order valence-electron chi connectivity index (χ2n) is 28.3. The van der Waals surface area contributed by atoms with E-state index in [1.165, 1.54) is 5.56 Å². The van der Waals surface area contributed by atoms with Crippen molar-refractivity contribution in [1.29, 1.82) is 0 Å². The van der Waals surface area contributed by atoms with E-state index in [0.29, 0.717) is 81.5 Å². The van der Waals surface area contributed by atoms with Crippen LogP contribution in [0.15, 0.2) is 165 Å². The van der Waals surface area contributed by atoms with Gasteiger partial charge in [-0.2, -0.15) is 0 Å². The van der Waals surface area contributed by atoms with Crippen LogP contribution >= 0.6 is 0 Å². The lowest BCUT2D eigenvalue weighted by Crippen LogP contribution is -2.19. The third kappa shape index (κ3) is 13.4. The van der Waals surface area contributed by atoms with Gasteiger partial charge in [0.1, 0.15) is 5.75 Å². The highest BCUT2D eigenvalue weighted by Gasteiger charge is 2.29. The summed E-state index contributed by atoms with van der Waals surface area (Å²) in [5, 5.41) is 20.9. The van der Waals surface area contributed by atoms with Crippen molar-refractivity contribution in [1.82, 2.24) is 49.3 Å². The number of H-pyrrole nitrogens is 2. The quantitative estimate of drug-likeness (QED) is 0.0579. The fourth-order valence-electron chi connectivity index (χ4n) is 14.7. The van der Waals surface area contributed by atoms with Gasteiger partial charge in [-0.3, -0.25) is 14.6 Å². The Morgan fingerprint density at radius 3 is 1.44 bits per heavy atom.